The molecular formula is C23H26N2O3S. The average molecular weight is 411 g/mol. The summed E-state index contributed by atoms with van der Waals surface area (Å²) in [5.41, 5.74) is 5.18. The van der Waals surface area contributed by atoms with Gasteiger partial charge in [0.05, 0.1) is 18.2 Å². The first kappa shape index (κ1) is 21.0. The molecule has 0 saturated heterocycles. The van der Waals surface area contributed by atoms with Crippen molar-refractivity contribution in [2.24, 2.45) is 0 Å². The van der Waals surface area contributed by atoms with Gasteiger partial charge in [-0.2, -0.15) is 0 Å². The van der Waals surface area contributed by atoms with E-state index in [0.29, 0.717) is 17.0 Å². The lowest BCUT2D eigenvalue weighted by molar-refractivity contribution is -0.139. The Morgan fingerprint density at radius 2 is 1.86 bits per heavy atom. The topological polar surface area (TPSA) is 67.4 Å². The van der Waals surface area contributed by atoms with Gasteiger partial charge in [-0.05, 0) is 50.5 Å². The fourth-order valence-corrected chi connectivity index (χ4v) is 4.35. The molecule has 2 aromatic rings. The van der Waals surface area contributed by atoms with Gasteiger partial charge in [0, 0.05) is 16.3 Å². The first-order valence-electron chi connectivity index (χ1n) is 9.64. The predicted molar refractivity (Wildman–Crippen MR) is 116 cm³/mol. The summed E-state index contributed by atoms with van der Waals surface area (Å²) in [6.07, 6.45) is 0. The van der Waals surface area contributed by atoms with Crippen molar-refractivity contribution < 1.29 is 14.3 Å². The predicted octanol–water partition coefficient (Wildman–Crippen LogP) is 4.58. The summed E-state index contributed by atoms with van der Waals surface area (Å²) in [6, 6.07) is 13.2. The molecule has 1 aliphatic heterocycles. The number of ether oxygens (including phenoxy) is 1. The van der Waals surface area contributed by atoms with Crippen molar-refractivity contribution >= 4 is 23.8 Å². The molecule has 5 nitrogen and oxygen atoms in total. The van der Waals surface area contributed by atoms with E-state index in [1.54, 1.807) is 18.7 Å². The van der Waals surface area contributed by atoms with Gasteiger partial charge in [0.25, 0.3) is 0 Å². The number of aryl methyl sites for hydroxylation is 3. The van der Waals surface area contributed by atoms with Gasteiger partial charge in [-0.3, -0.25) is 0 Å². The molecule has 152 valence electrons. The van der Waals surface area contributed by atoms with Crippen molar-refractivity contribution in [3.05, 3.63) is 76.0 Å². The molecule has 1 atom stereocenters. The maximum absolute atomic E-state index is 12.9. The Morgan fingerprint density at radius 1 is 1.10 bits per heavy atom. The maximum Gasteiger partial charge on any atom is 0.338 e. The Labute approximate surface area is 175 Å². The number of benzene rings is 2. The van der Waals surface area contributed by atoms with Crippen LogP contribution in [0.1, 0.15) is 35.2 Å². The van der Waals surface area contributed by atoms with Gasteiger partial charge in [0.15, 0.2) is 0 Å². The molecular weight excluding hydrogens is 384 g/mol. The van der Waals surface area contributed by atoms with Crippen LogP contribution in [0.25, 0.3) is 0 Å². The largest absolute Gasteiger partial charge is 0.463 e. The highest BCUT2D eigenvalue weighted by Crippen LogP contribution is 2.33. The highest BCUT2D eigenvalue weighted by atomic mass is 32.2. The van der Waals surface area contributed by atoms with Gasteiger partial charge >= 0.3 is 12.0 Å². The van der Waals surface area contributed by atoms with Crippen molar-refractivity contribution in [3.63, 3.8) is 0 Å². The van der Waals surface area contributed by atoms with Crippen molar-refractivity contribution in [3.8, 4) is 0 Å². The van der Waals surface area contributed by atoms with Gasteiger partial charge in [-0.1, -0.05) is 42.0 Å². The number of amides is 2. The van der Waals surface area contributed by atoms with Crippen LogP contribution in [0.15, 0.2) is 58.6 Å². The molecule has 1 unspecified atom stereocenters. The van der Waals surface area contributed by atoms with Crippen LogP contribution in [0, 0.1) is 20.8 Å². The average Bonchev–Trinajstić information content (AvgIpc) is 2.69. The number of urea groups is 1. The van der Waals surface area contributed by atoms with E-state index < -0.39 is 12.0 Å². The second-order valence-corrected chi connectivity index (χ2v) is 8.08. The van der Waals surface area contributed by atoms with Crippen LogP contribution in [0.4, 0.5) is 4.79 Å². The van der Waals surface area contributed by atoms with Crippen LogP contribution in [0.2, 0.25) is 0 Å². The Kier molecular flexibility index (Phi) is 6.64. The highest BCUT2D eigenvalue weighted by Gasteiger charge is 2.34. The molecule has 6 heteroatoms. The monoisotopic (exact) mass is 410 g/mol. The zero-order valence-electron chi connectivity index (χ0n) is 17.2. The van der Waals surface area contributed by atoms with Crippen LogP contribution in [0.5, 0.6) is 0 Å². The molecule has 2 N–H and O–H groups in total. The molecule has 0 radical (unpaired) electrons. The number of esters is 1. The molecule has 0 bridgehead atoms. The number of carbonyl (C=O) groups excluding carboxylic acids is 2. The number of rotatable bonds is 6. The van der Waals surface area contributed by atoms with Crippen molar-refractivity contribution in [2.75, 3.05) is 12.4 Å². The first-order chi connectivity index (χ1) is 13.9. The third kappa shape index (κ3) is 4.82. The van der Waals surface area contributed by atoms with E-state index >= 15 is 0 Å². The summed E-state index contributed by atoms with van der Waals surface area (Å²) in [6.45, 7) is 8.07. The molecule has 0 saturated carbocycles. The Bertz CT molecular complexity index is 968. The summed E-state index contributed by atoms with van der Waals surface area (Å²) in [5.74, 6) is 0.0552. The summed E-state index contributed by atoms with van der Waals surface area (Å²) < 4.78 is 5.35. The lowest BCUT2D eigenvalue weighted by Gasteiger charge is -2.30. The summed E-state index contributed by atoms with van der Waals surface area (Å²) in [4.78, 5) is 26.4. The second-order valence-electron chi connectivity index (χ2n) is 7.06. The molecule has 0 fully saturated rings. The van der Waals surface area contributed by atoms with Crippen LogP contribution >= 0.6 is 11.8 Å². The first-order valence-corrected chi connectivity index (χ1v) is 10.6. The summed E-state index contributed by atoms with van der Waals surface area (Å²) in [7, 11) is 0. The summed E-state index contributed by atoms with van der Waals surface area (Å²) >= 11 is 1.59. The van der Waals surface area contributed by atoms with E-state index in [2.05, 4.69) is 10.6 Å². The van der Waals surface area contributed by atoms with E-state index in [1.165, 1.54) is 0 Å². The van der Waals surface area contributed by atoms with Crippen LogP contribution in [-0.4, -0.2) is 24.4 Å². The SMILES string of the molecule is CCOC(=O)C1=C(CSc2ccccc2C)NC(=O)NC1c1cc(C)ccc1C. The van der Waals surface area contributed by atoms with Gasteiger partial charge in [-0.15, -0.1) is 11.8 Å². The minimum atomic E-state index is -0.546. The molecule has 2 aromatic carbocycles. The van der Waals surface area contributed by atoms with Crippen LogP contribution < -0.4 is 10.6 Å². The van der Waals surface area contributed by atoms with Gasteiger partial charge in [0.2, 0.25) is 0 Å². The molecule has 1 aliphatic rings. The van der Waals surface area contributed by atoms with Gasteiger partial charge < -0.3 is 15.4 Å². The lowest BCUT2D eigenvalue weighted by Crippen LogP contribution is -2.46. The van der Waals surface area contributed by atoms with E-state index in [4.69, 9.17) is 4.74 Å². The molecule has 1 heterocycles. The zero-order chi connectivity index (χ0) is 21.0. The zero-order valence-corrected chi connectivity index (χ0v) is 18.0. The highest BCUT2D eigenvalue weighted by molar-refractivity contribution is 7.99. The molecule has 3 rings (SSSR count). The van der Waals surface area contributed by atoms with Crippen molar-refractivity contribution in [2.45, 2.75) is 38.6 Å². The van der Waals surface area contributed by atoms with E-state index in [9.17, 15) is 9.59 Å². The Hall–Kier alpha value is -2.73. The minimum absolute atomic E-state index is 0.272. The van der Waals surface area contributed by atoms with Gasteiger partial charge in [0.1, 0.15) is 0 Å². The fraction of sp³-hybridized carbons (Fsp3) is 0.304. The Balaban J connectivity index is 2.03. The van der Waals surface area contributed by atoms with E-state index in [-0.39, 0.29) is 12.6 Å². The number of nitrogens with one attached hydrogen (secondary N) is 2. The molecule has 2 amide bonds. The van der Waals surface area contributed by atoms with E-state index in [0.717, 1.165) is 27.1 Å². The smallest absolute Gasteiger partial charge is 0.338 e. The molecule has 0 aliphatic carbocycles. The number of carbonyl (C=O) groups is 2. The summed E-state index contributed by atoms with van der Waals surface area (Å²) in [5, 5.41) is 5.75. The normalized spacial score (nSPS) is 16.3. The second kappa shape index (κ2) is 9.18. The molecule has 0 aromatic heterocycles. The van der Waals surface area contributed by atoms with Gasteiger partial charge in [-0.25, -0.2) is 9.59 Å². The fourth-order valence-electron chi connectivity index (χ4n) is 3.35. The van der Waals surface area contributed by atoms with Crippen molar-refractivity contribution in [1.82, 2.24) is 10.6 Å². The standard InChI is InChI=1S/C23H26N2O3S/c1-5-28-22(26)20-18(13-29-19-9-7-6-8-16(19)4)24-23(27)25-21(20)17-12-14(2)10-11-15(17)3/h6-12,21H,5,13H2,1-4H3,(H2,24,25,27). The third-order valence-electron chi connectivity index (χ3n) is 4.86. The number of thioether (sulfide) groups is 1. The van der Waals surface area contributed by atoms with E-state index in [1.807, 2.05) is 63.2 Å². The minimum Gasteiger partial charge on any atom is -0.463 e. The van der Waals surface area contributed by atoms with Crippen molar-refractivity contribution in [1.29, 1.82) is 0 Å². The Morgan fingerprint density at radius 3 is 2.59 bits per heavy atom. The van der Waals surface area contributed by atoms with Crippen LogP contribution in [-0.2, 0) is 9.53 Å². The number of hydrogen-bond acceptors (Lipinski definition) is 4. The molecule has 29 heavy (non-hydrogen) atoms. The maximum atomic E-state index is 12.9. The van der Waals surface area contributed by atoms with Crippen LogP contribution in [0.3, 0.4) is 0 Å². The number of hydrogen-bond donors (Lipinski definition) is 2. The molecule has 0 spiro atoms. The quantitative estimate of drug-likeness (QED) is 0.541. The third-order valence-corrected chi connectivity index (χ3v) is 6.06. The lowest BCUT2D eigenvalue weighted by atomic mass is 9.91.